The number of aromatic amines is 1. The standard InChI is InChI=1S/C28H30N8O3/c1-4-5-6-22-17-36(26-24(27(37)38)12-14-34(26)18(2)3)28(39)35(22)16-21-15-29-13-11-23(21)19-7-9-20(10-8-19)25-30-32-33-31-25/h7-15,17-18H,4-6,16H2,1-3H3,(H,37,38)(H,30,31,32,33). The van der Waals surface area contributed by atoms with Gasteiger partial charge in [-0.15, -0.1) is 5.10 Å². The number of aryl methyl sites for hydroxylation is 1. The number of rotatable bonds is 10. The van der Waals surface area contributed by atoms with Crippen LogP contribution in [0.3, 0.4) is 0 Å². The number of nitrogens with one attached hydrogen (secondary N) is 1. The van der Waals surface area contributed by atoms with Crippen LogP contribution in [0.15, 0.2) is 66.0 Å². The average molecular weight is 527 g/mol. The molecule has 0 aliphatic heterocycles. The first kappa shape index (κ1) is 25.8. The summed E-state index contributed by atoms with van der Waals surface area (Å²) in [4.78, 5) is 30.3. The molecule has 0 bridgehead atoms. The predicted molar refractivity (Wildman–Crippen MR) is 146 cm³/mol. The number of hydrogen-bond acceptors (Lipinski definition) is 6. The van der Waals surface area contributed by atoms with E-state index in [0.717, 1.165) is 40.8 Å². The van der Waals surface area contributed by atoms with Crippen LogP contribution in [0.1, 0.15) is 61.3 Å². The molecule has 0 saturated heterocycles. The number of pyridine rings is 1. The van der Waals surface area contributed by atoms with Crippen molar-refractivity contribution >= 4 is 5.97 Å². The molecule has 11 nitrogen and oxygen atoms in total. The lowest BCUT2D eigenvalue weighted by Gasteiger charge is -2.14. The maximum atomic E-state index is 13.9. The van der Waals surface area contributed by atoms with Crippen LogP contribution in [-0.2, 0) is 13.0 Å². The SMILES string of the molecule is CCCCc1cn(-c2c(C(=O)O)ccn2C(C)C)c(=O)n1Cc1cnccc1-c1ccc(-c2nnn[nH]2)cc1. The molecule has 0 spiro atoms. The fourth-order valence-electron chi connectivity index (χ4n) is 4.78. The number of H-pyrrole nitrogens is 1. The van der Waals surface area contributed by atoms with Gasteiger partial charge < -0.3 is 9.67 Å². The molecule has 4 heterocycles. The molecule has 1 aromatic carbocycles. The van der Waals surface area contributed by atoms with Gasteiger partial charge in [0.1, 0.15) is 11.4 Å². The minimum Gasteiger partial charge on any atom is -0.478 e. The van der Waals surface area contributed by atoms with Crippen LogP contribution in [0.5, 0.6) is 0 Å². The Labute approximate surface area is 224 Å². The van der Waals surface area contributed by atoms with E-state index in [9.17, 15) is 14.7 Å². The van der Waals surface area contributed by atoms with E-state index in [1.165, 1.54) is 4.57 Å². The molecule has 0 saturated carbocycles. The Bertz CT molecular complexity index is 1640. The largest absolute Gasteiger partial charge is 0.478 e. The molecule has 11 heteroatoms. The summed E-state index contributed by atoms with van der Waals surface area (Å²) in [6, 6.07) is 11.3. The van der Waals surface area contributed by atoms with Gasteiger partial charge in [-0.1, -0.05) is 37.6 Å². The Kier molecular flexibility index (Phi) is 7.22. The third-order valence-electron chi connectivity index (χ3n) is 6.80. The Hall–Kier alpha value is -4.80. The van der Waals surface area contributed by atoms with Crippen molar-refractivity contribution in [1.82, 2.24) is 39.3 Å². The van der Waals surface area contributed by atoms with Crippen LogP contribution in [0.25, 0.3) is 28.3 Å². The summed E-state index contributed by atoms with van der Waals surface area (Å²) in [5.74, 6) is -0.127. The van der Waals surface area contributed by atoms with Crippen molar-refractivity contribution in [2.45, 2.75) is 52.6 Å². The Balaban J connectivity index is 1.58. The first-order valence-electron chi connectivity index (χ1n) is 12.9. The lowest BCUT2D eigenvalue weighted by molar-refractivity contribution is 0.0697. The number of unbranched alkanes of at least 4 members (excludes halogenated alkanes) is 1. The van der Waals surface area contributed by atoms with Crippen molar-refractivity contribution in [3.8, 4) is 28.3 Å². The zero-order valence-corrected chi connectivity index (χ0v) is 22.1. The first-order valence-corrected chi connectivity index (χ1v) is 12.9. The molecule has 4 aromatic heterocycles. The van der Waals surface area contributed by atoms with Gasteiger partial charge in [0.2, 0.25) is 0 Å². The van der Waals surface area contributed by atoms with Crippen molar-refractivity contribution < 1.29 is 9.90 Å². The Morgan fingerprint density at radius 1 is 1.10 bits per heavy atom. The Morgan fingerprint density at radius 3 is 2.54 bits per heavy atom. The molecule has 5 aromatic rings. The van der Waals surface area contributed by atoms with Gasteiger partial charge in [-0.3, -0.25) is 14.1 Å². The lowest BCUT2D eigenvalue weighted by atomic mass is 10.00. The molecule has 200 valence electrons. The van der Waals surface area contributed by atoms with Gasteiger partial charge >= 0.3 is 11.7 Å². The molecular weight excluding hydrogens is 496 g/mol. The smallest absolute Gasteiger partial charge is 0.339 e. The maximum absolute atomic E-state index is 13.9. The number of carboxylic acid groups (broad SMARTS) is 1. The van der Waals surface area contributed by atoms with Crippen LogP contribution in [-0.4, -0.2) is 50.4 Å². The number of benzene rings is 1. The van der Waals surface area contributed by atoms with Gasteiger partial charge in [0.15, 0.2) is 5.82 Å². The minimum atomic E-state index is -1.07. The molecule has 0 aliphatic rings. The van der Waals surface area contributed by atoms with E-state index in [0.29, 0.717) is 24.6 Å². The van der Waals surface area contributed by atoms with E-state index >= 15 is 0 Å². The quantitative estimate of drug-likeness (QED) is 0.276. The normalized spacial score (nSPS) is 11.4. The number of carboxylic acids is 1. The van der Waals surface area contributed by atoms with Gasteiger partial charge in [-0.05, 0) is 65.9 Å². The first-order chi connectivity index (χ1) is 18.9. The molecule has 2 N–H and O–H groups in total. The fourth-order valence-corrected chi connectivity index (χ4v) is 4.78. The number of aromatic carboxylic acids is 1. The Morgan fingerprint density at radius 2 is 1.87 bits per heavy atom. The van der Waals surface area contributed by atoms with E-state index < -0.39 is 5.97 Å². The van der Waals surface area contributed by atoms with E-state index in [-0.39, 0.29) is 17.3 Å². The zero-order valence-electron chi connectivity index (χ0n) is 22.1. The number of nitrogens with zero attached hydrogens (tertiary/aromatic N) is 7. The lowest BCUT2D eigenvalue weighted by Crippen LogP contribution is -2.27. The third-order valence-corrected chi connectivity index (χ3v) is 6.80. The summed E-state index contributed by atoms with van der Waals surface area (Å²) in [6.07, 6.45) is 9.57. The summed E-state index contributed by atoms with van der Waals surface area (Å²) in [5.41, 5.74) is 4.30. The molecule has 0 fully saturated rings. The molecule has 0 unspecified atom stereocenters. The molecule has 0 atom stereocenters. The summed E-state index contributed by atoms with van der Waals surface area (Å²) in [7, 11) is 0. The topological polar surface area (TPSA) is 137 Å². The predicted octanol–water partition coefficient (Wildman–Crippen LogP) is 4.35. The summed E-state index contributed by atoms with van der Waals surface area (Å²) in [5, 5.41) is 23.8. The highest BCUT2D eigenvalue weighted by Gasteiger charge is 2.23. The summed E-state index contributed by atoms with van der Waals surface area (Å²) >= 11 is 0. The molecule has 5 rings (SSSR count). The van der Waals surface area contributed by atoms with Gasteiger partial charge in [-0.2, -0.15) is 0 Å². The highest BCUT2D eigenvalue weighted by atomic mass is 16.4. The van der Waals surface area contributed by atoms with Crippen LogP contribution < -0.4 is 5.69 Å². The number of carbonyl (C=O) groups is 1. The molecule has 0 radical (unpaired) electrons. The van der Waals surface area contributed by atoms with Crippen LogP contribution in [0, 0.1) is 0 Å². The van der Waals surface area contributed by atoms with Gasteiger partial charge in [0, 0.05) is 42.1 Å². The summed E-state index contributed by atoms with van der Waals surface area (Å²) < 4.78 is 5.03. The average Bonchev–Trinajstić information content (AvgIpc) is 3.68. The van der Waals surface area contributed by atoms with Crippen molar-refractivity contribution in [2.24, 2.45) is 0 Å². The van der Waals surface area contributed by atoms with Crippen molar-refractivity contribution in [3.05, 3.63) is 88.5 Å². The fraction of sp³-hybridized carbons (Fsp3) is 0.286. The second-order valence-corrected chi connectivity index (χ2v) is 9.68. The second kappa shape index (κ2) is 10.9. The highest BCUT2D eigenvalue weighted by molar-refractivity contribution is 5.91. The van der Waals surface area contributed by atoms with Crippen LogP contribution in [0.4, 0.5) is 0 Å². The van der Waals surface area contributed by atoms with Crippen molar-refractivity contribution in [3.63, 3.8) is 0 Å². The number of hydrogen-bond donors (Lipinski definition) is 2. The molecule has 39 heavy (non-hydrogen) atoms. The molecular formula is C28H30N8O3. The third kappa shape index (κ3) is 5.02. The van der Waals surface area contributed by atoms with Crippen LogP contribution in [0.2, 0.25) is 0 Å². The van der Waals surface area contributed by atoms with E-state index in [1.54, 1.807) is 35.4 Å². The van der Waals surface area contributed by atoms with E-state index in [2.05, 4.69) is 32.5 Å². The highest BCUT2D eigenvalue weighted by Crippen LogP contribution is 2.27. The maximum Gasteiger partial charge on any atom is 0.339 e. The van der Waals surface area contributed by atoms with Crippen molar-refractivity contribution in [1.29, 1.82) is 0 Å². The monoisotopic (exact) mass is 526 g/mol. The van der Waals surface area contributed by atoms with Crippen LogP contribution >= 0.6 is 0 Å². The van der Waals surface area contributed by atoms with Gasteiger partial charge in [-0.25, -0.2) is 14.7 Å². The summed E-state index contributed by atoms with van der Waals surface area (Å²) in [6.45, 7) is 6.32. The number of aromatic nitrogens is 8. The molecule has 0 amide bonds. The minimum absolute atomic E-state index is 0.0249. The van der Waals surface area contributed by atoms with E-state index in [1.807, 2.05) is 48.7 Å². The number of tetrazole rings is 1. The zero-order chi connectivity index (χ0) is 27.5. The number of imidazole rings is 1. The van der Waals surface area contributed by atoms with Gasteiger partial charge in [0.25, 0.3) is 0 Å². The molecule has 0 aliphatic carbocycles. The second-order valence-electron chi connectivity index (χ2n) is 9.68. The van der Waals surface area contributed by atoms with Crippen molar-refractivity contribution in [2.75, 3.05) is 0 Å². The van der Waals surface area contributed by atoms with Gasteiger partial charge in [0.05, 0.1) is 6.54 Å². The van der Waals surface area contributed by atoms with E-state index in [4.69, 9.17) is 0 Å².